The van der Waals surface area contributed by atoms with Gasteiger partial charge in [-0.25, -0.2) is 9.18 Å². The van der Waals surface area contributed by atoms with Gasteiger partial charge in [-0.2, -0.15) is 0 Å². The van der Waals surface area contributed by atoms with E-state index in [2.05, 4.69) is 10.1 Å². The number of aliphatic hydroxyl groups is 1. The molecule has 1 unspecified atom stereocenters. The number of rotatable bonds is 5. The molecule has 1 aromatic rings. The Bertz CT molecular complexity index is 477. The van der Waals surface area contributed by atoms with Gasteiger partial charge in [0.1, 0.15) is 17.1 Å². The maximum Gasteiger partial charge on any atom is 0.336 e. The van der Waals surface area contributed by atoms with Crippen LogP contribution in [0.1, 0.15) is 10.4 Å². The van der Waals surface area contributed by atoms with Gasteiger partial charge in [0.25, 0.3) is 5.91 Å². The lowest BCUT2D eigenvalue weighted by atomic mass is 10.1. The van der Waals surface area contributed by atoms with Crippen molar-refractivity contribution in [1.82, 2.24) is 5.32 Å². The van der Waals surface area contributed by atoms with Gasteiger partial charge in [-0.3, -0.25) is 4.79 Å². The summed E-state index contributed by atoms with van der Waals surface area (Å²) in [5.41, 5.74) is -0.290. The molecule has 1 aromatic carbocycles. The van der Waals surface area contributed by atoms with Gasteiger partial charge < -0.3 is 19.9 Å². The normalized spacial score (nSPS) is 11.6. The summed E-state index contributed by atoms with van der Waals surface area (Å²) in [7, 11) is 2.40. The molecule has 0 saturated carbocycles. The van der Waals surface area contributed by atoms with Gasteiger partial charge in [0.2, 0.25) is 0 Å². The number of nitrogens with one attached hydrogen (secondary N) is 1. The van der Waals surface area contributed by atoms with Gasteiger partial charge in [-0.1, -0.05) is 6.07 Å². The van der Waals surface area contributed by atoms with Gasteiger partial charge in [0.05, 0.1) is 20.8 Å². The molecule has 2 N–H and O–H groups in total. The summed E-state index contributed by atoms with van der Waals surface area (Å²) in [5, 5.41) is 11.5. The van der Waals surface area contributed by atoms with Crippen LogP contribution in [0.2, 0.25) is 0 Å². The molecule has 0 heterocycles. The maximum atomic E-state index is 13.5. The molecule has 104 valence electrons. The Morgan fingerprint density at radius 3 is 2.68 bits per heavy atom. The number of ether oxygens (including phenoxy) is 2. The van der Waals surface area contributed by atoms with Crippen molar-refractivity contribution in [2.24, 2.45) is 0 Å². The molecule has 0 fully saturated rings. The van der Waals surface area contributed by atoms with Crippen molar-refractivity contribution in [1.29, 1.82) is 0 Å². The van der Waals surface area contributed by atoms with Gasteiger partial charge >= 0.3 is 5.97 Å². The second kappa shape index (κ2) is 6.69. The van der Waals surface area contributed by atoms with E-state index in [9.17, 15) is 19.1 Å². The Hall–Kier alpha value is -2.15. The zero-order valence-electron chi connectivity index (χ0n) is 10.5. The SMILES string of the molecule is COC(=O)C(O)CNC(=O)c1c(F)cccc1OC. The molecule has 1 atom stereocenters. The Labute approximate surface area is 109 Å². The number of esters is 1. The first-order chi connectivity index (χ1) is 9.01. The molecule has 7 heteroatoms. The molecule has 0 aliphatic carbocycles. The molecular weight excluding hydrogens is 257 g/mol. The molecule has 1 rings (SSSR count). The predicted octanol–water partition coefficient (Wildman–Crippen LogP) is 0.0980. The average molecular weight is 271 g/mol. The Kier molecular flexibility index (Phi) is 5.25. The van der Waals surface area contributed by atoms with Crippen LogP contribution in [0.15, 0.2) is 18.2 Å². The zero-order valence-corrected chi connectivity index (χ0v) is 10.5. The molecule has 0 aliphatic heterocycles. The summed E-state index contributed by atoms with van der Waals surface area (Å²) in [5.74, 6) is -2.38. The number of carbonyl (C=O) groups excluding carboxylic acids is 2. The van der Waals surface area contributed by atoms with Crippen LogP contribution < -0.4 is 10.1 Å². The lowest BCUT2D eigenvalue weighted by Crippen LogP contribution is -2.37. The summed E-state index contributed by atoms with van der Waals surface area (Å²) >= 11 is 0. The van der Waals surface area contributed by atoms with Crippen molar-refractivity contribution >= 4 is 11.9 Å². The van der Waals surface area contributed by atoms with E-state index in [1.54, 1.807) is 0 Å². The number of benzene rings is 1. The zero-order chi connectivity index (χ0) is 14.4. The third kappa shape index (κ3) is 3.65. The average Bonchev–Trinajstić information content (AvgIpc) is 2.42. The maximum absolute atomic E-state index is 13.5. The van der Waals surface area contributed by atoms with Gasteiger partial charge in [0, 0.05) is 0 Å². The quantitative estimate of drug-likeness (QED) is 0.742. The highest BCUT2D eigenvalue weighted by molar-refractivity contribution is 5.97. The highest BCUT2D eigenvalue weighted by Gasteiger charge is 2.20. The summed E-state index contributed by atoms with van der Waals surface area (Å²) in [4.78, 5) is 22.7. The third-order valence-corrected chi connectivity index (χ3v) is 2.35. The fourth-order valence-electron chi connectivity index (χ4n) is 1.39. The Balaban J connectivity index is 2.76. The molecule has 6 nitrogen and oxygen atoms in total. The first-order valence-corrected chi connectivity index (χ1v) is 5.37. The molecule has 19 heavy (non-hydrogen) atoms. The fourth-order valence-corrected chi connectivity index (χ4v) is 1.39. The van der Waals surface area contributed by atoms with Crippen molar-refractivity contribution in [2.75, 3.05) is 20.8 Å². The minimum atomic E-state index is -1.51. The number of halogens is 1. The van der Waals surface area contributed by atoms with Crippen molar-refractivity contribution in [2.45, 2.75) is 6.10 Å². The van der Waals surface area contributed by atoms with E-state index >= 15 is 0 Å². The largest absolute Gasteiger partial charge is 0.496 e. The first kappa shape index (κ1) is 14.9. The number of hydrogen-bond acceptors (Lipinski definition) is 5. The Morgan fingerprint density at radius 2 is 2.11 bits per heavy atom. The van der Waals surface area contributed by atoms with Crippen molar-refractivity contribution in [3.8, 4) is 5.75 Å². The molecule has 0 bridgehead atoms. The van der Waals surface area contributed by atoms with E-state index < -0.39 is 23.8 Å². The number of hydrogen-bond donors (Lipinski definition) is 2. The fraction of sp³-hybridized carbons (Fsp3) is 0.333. The number of amides is 1. The number of methoxy groups -OCH3 is 2. The van der Waals surface area contributed by atoms with Crippen LogP contribution in [0, 0.1) is 5.82 Å². The van der Waals surface area contributed by atoms with Crippen LogP contribution in [-0.4, -0.2) is 43.9 Å². The van der Waals surface area contributed by atoms with E-state index in [4.69, 9.17) is 4.74 Å². The monoisotopic (exact) mass is 271 g/mol. The van der Waals surface area contributed by atoms with E-state index in [1.165, 1.54) is 19.2 Å². The topological polar surface area (TPSA) is 84.9 Å². The molecule has 0 aliphatic rings. The first-order valence-electron chi connectivity index (χ1n) is 5.37. The molecule has 0 radical (unpaired) electrons. The van der Waals surface area contributed by atoms with Crippen molar-refractivity contribution in [3.05, 3.63) is 29.6 Å². The highest BCUT2D eigenvalue weighted by Crippen LogP contribution is 2.20. The van der Waals surface area contributed by atoms with Gasteiger partial charge in [-0.15, -0.1) is 0 Å². The van der Waals surface area contributed by atoms with Crippen LogP contribution in [0.3, 0.4) is 0 Å². The van der Waals surface area contributed by atoms with E-state index in [-0.39, 0.29) is 17.9 Å². The van der Waals surface area contributed by atoms with E-state index in [1.807, 2.05) is 0 Å². The van der Waals surface area contributed by atoms with E-state index in [0.29, 0.717) is 0 Å². The van der Waals surface area contributed by atoms with Crippen LogP contribution in [0.4, 0.5) is 4.39 Å². The lowest BCUT2D eigenvalue weighted by molar-refractivity contribution is -0.149. The van der Waals surface area contributed by atoms with Gasteiger partial charge in [-0.05, 0) is 12.1 Å². The Morgan fingerprint density at radius 1 is 1.42 bits per heavy atom. The second-order valence-electron chi connectivity index (χ2n) is 3.57. The highest BCUT2D eigenvalue weighted by atomic mass is 19.1. The molecule has 0 saturated heterocycles. The minimum Gasteiger partial charge on any atom is -0.496 e. The molecular formula is C12H14FNO5. The molecule has 0 spiro atoms. The van der Waals surface area contributed by atoms with Crippen LogP contribution >= 0.6 is 0 Å². The van der Waals surface area contributed by atoms with Crippen LogP contribution in [0.25, 0.3) is 0 Å². The smallest absolute Gasteiger partial charge is 0.336 e. The summed E-state index contributed by atoms with van der Waals surface area (Å²) in [6.45, 7) is -0.386. The third-order valence-electron chi connectivity index (χ3n) is 2.35. The number of aliphatic hydroxyl groups excluding tert-OH is 1. The predicted molar refractivity (Wildman–Crippen MR) is 63.3 cm³/mol. The number of carbonyl (C=O) groups is 2. The summed E-state index contributed by atoms with van der Waals surface area (Å²) in [6, 6.07) is 3.93. The standard InChI is InChI=1S/C12H14FNO5/c1-18-9-5-3-4-7(13)10(9)11(16)14-6-8(15)12(17)19-2/h3-5,8,15H,6H2,1-2H3,(H,14,16). The van der Waals surface area contributed by atoms with E-state index in [0.717, 1.165) is 13.2 Å². The second-order valence-corrected chi connectivity index (χ2v) is 3.57. The molecule has 1 amide bonds. The van der Waals surface area contributed by atoms with Crippen LogP contribution in [-0.2, 0) is 9.53 Å². The van der Waals surface area contributed by atoms with Crippen molar-refractivity contribution in [3.63, 3.8) is 0 Å². The molecule has 0 aromatic heterocycles. The summed E-state index contributed by atoms with van der Waals surface area (Å²) < 4.78 is 22.7. The summed E-state index contributed by atoms with van der Waals surface area (Å²) in [6.07, 6.45) is -1.51. The van der Waals surface area contributed by atoms with Crippen molar-refractivity contribution < 1.29 is 28.6 Å². The lowest BCUT2D eigenvalue weighted by Gasteiger charge is -2.12. The van der Waals surface area contributed by atoms with Crippen LogP contribution in [0.5, 0.6) is 5.75 Å². The van der Waals surface area contributed by atoms with Gasteiger partial charge in [0.15, 0.2) is 6.10 Å². The minimum absolute atomic E-state index is 0.0602.